The predicted octanol–water partition coefficient (Wildman–Crippen LogP) is 6.66. The van der Waals surface area contributed by atoms with Crippen LogP contribution in [0.25, 0.3) is 0 Å². The Hall–Kier alpha value is -4.26. The first-order valence-electron chi connectivity index (χ1n) is 25.4. The number of hydrogen-bond acceptors (Lipinski definition) is 15. The average molecular weight is 982 g/mol. The number of aromatic nitrogens is 4. The summed E-state index contributed by atoms with van der Waals surface area (Å²) in [5.41, 5.74) is 1.30. The van der Waals surface area contributed by atoms with Gasteiger partial charge < -0.3 is 38.8 Å². The van der Waals surface area contributed by atoms with Crippen molar-refractivity contribution in [2.24, 2.45) is 41.4 Å². The number of amides is 1. The minimum absolute atomic E-state index is 0.0304. The monoisotopic (exact) mass is 982 g/mol. The number of fused-ring (bicyclic) bond motifs is 3. The number of esters is 1. The molecule has 17 heteroatoms. The molecule has 1 amide bonds. The molecule has 1 unspecified atom stereocenters. The van der Waals surface area contributed by atoms with Gasteiger partial charge in [-0.1, -0.05) is 83.2 Å². The van der Waals surface area contributed by atoms with E-state index < -0.39 is 77.8 Å². The van der Waals surface area contributed by atoms with Gasteiger partial charge in [-0.25, -0.2) is 4.79 Å². The lowest BCUT2D eigenvalue weighted by atomic mass is 9.76. The van der Waals surface area contributed by atoms with Gasteiger partial charge in [-0.05, 0) is 113 Å². The molecular weight excluding hydrogens is 899 g/mol. The first-order chi connectivity index (χ1) is 33.2. The van der Waals surface area contributed by atoms with E-state index in [1.165, 1.54) is 18.3 Å². The van der Waals surface area contributed by atoms with Gasteiger partial charge in [-0.3, -0.25) is 19.2 Å². The largest absolute Gasteiger partial charge is 0.460 e. The summed E-state index contributed by atoms with van der Waals surface area (Å²) in [4.78, 5) is 71.9. The fraction of sp³-hybridized carbons (Fsp3) is 0.736. The van der Waals surface area contributed by atoms with Crippen LogP contribution in [0, 0.1) is 41.4 Å². The highest BCUT2D eigenvalue weighted by Crippen LogP contribution is 2.38. The van der Waals surface area contributed by atoms with Gasteiger partial charge in [-0.2, -0.15) is 5.21 Å². The molecule has 15 atom stereocenters. The van der Waals surface area contributed by atoms with Gasteiger partial charge in [0.1, 0.15) is 30.1 Å². The Balaban J connectivity index is 0.00000200. The number of ether oxygens (including phenoxy) is 5. The average Bonchev–Trinajstić information content (AvgIpc) is 3.94. The third-order valence-electron chi connectivity index (χ3n) is 15.1. The van der Waals surface area contributed by atoms with E-state index in [1.807, 2.05) is 58.1 Å². The van der Waals surface area contributed by atoms with E-state index in [4.69, 9.17) is 23.7 Å². The van der Waals surface area contributed by atoms with Crippen molar-refractivity contribution in [3.8, 4) is 0 Å². The third kappa shape index (κ3) is 16.1. The normalized spacial score (nSPS) is 38.1. The molecule has 0 spiro atoms. The van der Waals surface area contributed by atoms with Crippen molar-refractivity contribution in [1.82, 2.24) is 25.5 Å². The van der Waals surface area contributed by atoms with Crippen molar-refractivity contribution in [2.75, 3.05) is 27.9 Å². The zero-order chi connectivity index (χ0) is 51.7. The minimum atomic E-state index is -2.41. The van der Waals surface area contributed by atoms with Gasteiger partial charge in [0.2, 0.25) is 5.79 Å². The summed E-state index contributed by atoms with van der Waals surface area (Å²) >= 11 is 0. The highest BCUT2D eigenvalue weighted by atomic mass is 16.6. The van der Waals surface area contributed by atoms with E-state index in [0.29, 0.717) is 56.4 Å². The van der Waals surface area contributed by atoms with Crippen molar-refractivity contribution >= 4 is 29.2 Å². The van der Waals surface area contributed by atoms with Gasteiger partial charge >= 0.3 is 5.97 Å². The number of carbonyl (C=O) groups excluding carboxylic acids is 5. The fourth-order valence-corrected chi connectivity index (χ4v) is 10.5. The molecule has 1 aromatic rings. The van der Waals surface area contributed by atoms with Crippen LogP contribution < -0.4 is 0 Å². The number of ketones is 3. The van der Waals surface area contributed by atoms with Gasteiger partial charge in [0.05, 0.1) is 18.3 Å². The highest BCUT2D eigenvalue weighted by Gasteiger charge is 2.53. The van der Waals surface area contributed by atoms with Crippen LogP contribution in [0.2, 0.25) is 0 Å². The van der Waals surface area contributed by atoms with Crippen molar-refractivity contribution in [3.05, 3.63) is 53.9 Å². The Kier molecular flexibility index (Phi) is 23.4. The molecule has 4 heterocycles. The summed E-state index contributed by atoms with van der Waals surface area (Å²) in [6.45, 7) is 15.1. The van der Waals surface area contributed by atoms with Crippen LogP contribution in [-0.4, -0.2) is 141 Å². The maximum absolute atomic E-state index is 14.4. The number of cyclic esters (lactones) is 1. The van der Waals surface area contributed by atoms with Crippen molar-refractivity contribution in [1.29, 1.82) is 0 Å². The van der Waals surface area contributed by atoms with E-state index in [9.17, 15) is 34.2 Å². The number of aromatic amines is 1. The molecule has 17 nitrogen and oxygen atoms in total. The maximum Gasteiger partial charge on any atom is 0.329 e. The standard InChI is InChI=1S/C52H81NO12.CH2N4/c1-31-17-13-12-14-18-32(2)44(62-10)29-40-23-21-38(8)52(60,65-40)49(57)50(58)53-24-16-15-19-41(53)51(59)64-45(35(5)27-39-22-20-33(3)43(28-39)61-9)30-42(54)34(4)26-37(7)47(56)48(63-11)46(55)36(6)25-31;1-2-4-5-3-1/h12-14,17-18,26,31,33-36,38-41,43-45,47-48,56,60H,15-16,19-25,27-30H2,1-11H3;1H,(H,2,3,4,5)/b14-12+,17-13+,32-18+,37-26+;/t31-,33?,34-,35-,36+,38-,39+,40+,41+,43-,44+,45+,47-,48+,52-;/m1./s1. The molecule has 392 valence electrons. The zero-order valence-corrected chi connectivity index (χ0v) is 43.6. The number of aliphatic hydroxyl groups excluding tert-OH is 1. The second-order valence-electron chi connectivity index (χ2n) is 20.6. The molecule has 2 bridgehead atoms. The molecule has 1 aromatic heterocycles. The van der Waals surface area contributed by atoms with Crippen LogP contribution in [0.1, 0.15) is 132 Å². The van der Waals surface area contributed by atoms with Crippen LogP contribution in [-0.2, 0) is 47.7 Å². The van der Waals surface area contributed by atoms with Crippen molar-refractivity contribution in [2.45, 2.75) is 181 Å². The number of carbonyl (C=O) groups is 5. The number of Topliss-reactive ketones (excluding diaryl/α,β-unsaturated/α-hetero) is 3. The molecule has 5 rings (SSSR count). The topological polar surface area (TPSA) is 230 Å². The molecule has 3 aliphatic heterocycles. The van der Waals surface area contributed by atoms with Crippen LogP contribution in [0.15, 0.2) is 53.9 Å². The smallest absolute Gasteiger partial charge is 0.329 e. The number of nitrogens with zero attached hydrogens (tertiary/aromatic N) is 4. The van der Waals surface area contributed by atoms with Crippen LogP contribution in [0.5, 0.6) is 0 Å². The summed E-state index contributed by atoms with van der Waals surface area (Å²) in [5.74, 6) is -7.07. The number of rotatable bonds is 6. The number of piperidine rings is 1. The Bertz CT molecular complexity index is 1950. The second-order valence-corrected chi connectivity index (χ2v) is 20.6. The molecule has 2 saturated heterocycles. The number of aliphatic hydroxyl groups is 2. The summed E-state index contributed by atoms with van der Waals surface area (Å²) < 4.78 is 29.7. The van der Waals surface area contributed by atoms with Gasteiger partial charge in [0.15, 0.2) is 12.1 Å². The molecular formula is C53H83N5O12. The lowest BCUT2D eigenvalue weighted by Crippen LogP contribution is -2.61. The van der Waals surface area contributed by atoms with Gasteiger partial charge in [0.25, 0.3) is 11.7 Å². The Labute approximate surface area is 415 Å². The van der Waals surface area contributed by atoms with Crippen LogP contribution in [0.3, 0.4) is 0 Å². The Morgan fingerprint density at radius 1 is 0.886 bits per heavy atom. The number of tetrazole rings is 1. The predicted molar refractivity (Wildman–Crippen MR) is 262 cm³/mol. The SMILES string of the molecule is CO[C@H]1C[C@@H]2CC[C@@H](C)[C@@](O)(O2)C(=O)C(=O)N2CCCC[C@H]2C(=O)O[C@H]([C@H](C)C[C@@H]2CCC(C)[C@H](OC)C2)CC(=O)[C@H](C)/C=C(\C)[C@@H](O)[C@@H](OC)C(=O)[C@@H](C)C[C@H](C)/C=C/C=C/C=C/1C.c1nn[nH]n1. The molecule has 3 fully saturated rings. The molecule has 0 radical (unpaired) electrons. The Morgan fingerprint density at radius 3 is 2.27 bits per heavy atom. The molecule has 1 aliphatic carbocycles. The molecule has 4 aliphatic rings. The van der Waals surface area contributed by atoms with E-state index in [2.05, 4.69) is 27.5 Å². The molecule has 1 saturated carbocycles. The third-order valence-corrected chi connectivity index (χ3v) is 15.1. The van der Waals surface area contributed by atoms with E-state index in [0.717, 1.165) is 24.8 Å². The summed E-state index contributed by atoms with van der Waals surface area (Å²) in [6.07, 6.45) is 15.0. The number of H-pyrrole nitrogens is 1. The van der Waals surface area contributed by atoms with Crippen LogP contribution in [0.4, 0.5) is 0 Å². The number of hydrogen-bond donors (Lipinski definition) is 3. The van der Waals surface area contributed by atoms with Gasteiger partial charge in [-0.15, -0.1) is 10.2 Å². The fourth-order valence-electron chi connectivity index (χ4n) is 10.5. The lowest BCUT2D eigenvalue weighted by Gasteiger charge is -2.42. The highest BCUT2D eigenvalue weighted by molar-refractivity contribution is 6.39. The number of allylic oxidation sites excluding steroid dienone is 6. The minimum Gasteiger partial charge on any atom is -0.460 e. The number of nitrogens with one attached hydrogen (secondary N) is 1. The molecule has 0 aromatic carbocycles. The van der Waals surface area contributed by atoms with E-state index >= 15 is 0 Å². The number of methoxy groups -OCH3 is 3. The van der Waals surface area contributed by atoms with Crippen LogP contribution >= 0.6 is 0 Å². The van der Waals surface area contributed by atoms with Crippen molar-refractivity contribution < 1.29 is 57.9 Å². The maximum atomic E-state index is 14.4. The Morgan fingerprint density at radius 2 is 1.63 bits per heavy atom. The summed E-state index contributed by atoms with van der Waals surface area (Å²) in [7, 11) is 4.70. The zero-order valence-electron chi connectivity index (χ0n) is 43.6. The first-order valence-corrected chi connectivity index (χ1v) is 25.4. The lowest BCUT2D eigenvalue weighted by molar-refractivity contribution is -0.265. The van der Waals surface area contributed by atoms with E-state index in [1.54, 1.807) is 41.1 Å². The van der Waals surface area contributed by atoms with Gasteiger partial charge in [0, 0.05) is 58.5 Å². The second kappa shape index (κ2) is 28.1. The van der Waals surface area contributed by atoms with Crippen molar-refractivity contribution in [3.63, 3.8) is 0 Å². The summed E-state index contributed by atoms with van der Waals surface area (Å²) in [6, 6.07) is -1.11. The quantitative estimate of drug-likeness (QED) is 0.154. The molecule has 3 N–H and O–H groups in total. The van der Waals surface area contributed by atoms with E-state index in [-0.39, 0.29) is 54.8 Å². The molecule has 70 heavy (non-hydrogen) atoms. The first kappa shape index (κ1) is 58.3. The summed E-state index contributed by atoms with van der Waals surface area (Å²) in [5, 5.41) is 35.6.